The highest BCUT2D eigenvalue weighted by Crippen LogP contribution is 2.18. The van der Waals surface area contributed by atoms with Crippen LogP contribution in [0.1, 0.15) is 0 Å². The van der Waals surface area contributed by atoms with Gasteiger partial charge >= 0.3 is 12.1 Å². The first-order chi connectivity index (χ1) is 6.31. The molecule has 1 amide bonds. The molecule has 0 spiro atoms. The standard InChI is InChI=1S/C7H9N3O3/c8-3-5-4-10(7(11)13-5)6-9-1-2-12-6/h1-2,5H,3-4,8H2. The van der Waals surface area contributed by atoms with E-state index < -0.39 is 6.09 Å². The number of aromatic nitrogens is 1. The number of anilines is 1. The summed E-state index contributed by atoms with van der Waals surface area (Å²) in [6.07, 6.45) is 2.15. The highest BCUT2D eigenvalue weighted by atomic mass is 16.6. The topological polar surface area (TPSA) is 81.6 Å². The van der Waals surface area contributed by atoms with Crippen LogP contribution in [0.15, 0.2) is 16.9 Å². The van der Waals surface area contributed by atoms with Crippen molar-refractivity contribution in [1.82, 2.24) is 4.98 Å². The summed E-state index contributed by atoms with van der Waals surface area (Å²) in [6.45, 7) is 0.707. The molecular formula is C7H9N3O3. The van der Waals surface area contributed by atoms with E-state index in [-0.39, 0.29) is 12.1 Å². The van der Waals surface area contributed by atoms with Gasteiger partial charge in [0.05, 0.1) is 12.7 Å². The van der Waals surface area contributed by atoms with Gasteiger partial charge in [0.2, 0.25) is 0 Å². The van der Waals surface area contributed by atoms with Crippen molar-refractivity contribution in [2.24, 2.45) is 5.73 Å². The van der Waals surface area contributed by atoms with E-state index in [1.165, 1.54) is 17.4 Å². The summed E-state index contributed by atoms with van der Waals surface area (Å²) < 4.78 is 9.86. The predicted octanol–water partition coefficient (Wildman–Crippen LogP) is -0.0415. The van der Waals surface area contributed by atoms with Gasteiger partial charge in [-0.05, 0) is 0 Å². The lowest BCUT2D eigenvalue weighted by molar-refractivity contribution is 0.145. The maximum absolute atomic E-state index is 11.2. The number of amides is 1. The summed E-state index contributed by atoms with van der Waals surface area (Å²) in [5.74, 6) is 0. The van der Waals surface area contributed by atoms with Gasteiger partial charge in [0.1, 0.15) is 12.4 Å². The molecule has 70 valence electrons. The Morgan fingerprint density at radius 3 is 3.15 bits per heavy atom. The van der Waals surface area contributed by atoms with E-state index in [4.69, 9.17) is 14.9 Å². The number of carbonyl (C=O) groups is 1. The smallest absolute Gasteiger partial charge is 0.418 e. The van der Waals surface area contributed by atoms with Crippen LogP contribution in [-0.2, 0) is 4.74 Å². The first-order valence-corrected chi connectivity index (χ1v) is 3.89. The van der Waals surface area contributed by atoms with Gasteiger partial charge < -0.3 is 14.9 Å². The molecule has 2 N–H and O–H groups in total. The molecule has 0 aliphatic carbocycles. The van der Waals surface area contributed by atoms with Crippen LogP contribution in [0, 0.1) is 0 Å². The molecule has 1 fully saturated rings. The van der Waals surface area contributed by atoms with Crippen LogP contribution in [0.5, 0.6) is 0 Å². The fourth-order valence-electron chi connectivity index (χ4n) is 1.15. The van der Waals surface area contributed by atoms with Gasteiger partial charge in [0, 0.05) is 6.54 Å². The summed E-state index contributed by atoms with van der Waals surface area (Å²) in [6, 6.07) is 0.251. The monoisotopic (exact) mass is 183 g/mol. The molecule has 1 aromatic heterocycles. The number of cyclic esters (lactones) is 1. The zero-order chi connectivity index (χ0) is 9.26. The van der Waals surface area contributed by atoms with Crippen LogP contribution in [0.25, 0.3) is 0 Å². The summed E-state index contributed by atoms with van der Waals surface area (Å²) >= 11 is 0. The van der Waals surface area contributed by atoms with Gasteiger partial charge in [-0.1, -0.05) is 0 Å². The minimum atomic E-state index is -0.460. The number of nitrogens with two attached hydrogens (primary N) is 1. The second-order valence-corrected chi connectivity index (χ2v) is 2.67. The van der Waals surface area contributed by atoms with Crippen molar-refractivity contribution in [2.45, 2.75) is 6.10 Å². The lowest BCUT2D eigenvalue weighted by Crippen LogP contribution is -2.27. The van der Waals surface area contributed by atoms with Crippen molar-refractivity contribution in [3.63, 3.8) is 0 Å². The number of hydrogen-bond acceptors (Lipinski definition) is 5. The number of carbonyl (C=O) groups excluding carboxylic acids is 1. The second kappa shape index (κ2) is 3.06. The lowest BCUT2D eigenvalue weighted by atomic mass is 10.3. The fraction of sp³-hybridized carbons (Fsp3) is 0.429. The van der Waals surface area contributed by atoms with Crippen molar-refractivity contribution in [2.75, 3.05) is 18.0 Å². The van der Waals surface area contributed by atoms with Crippen molar-refractivity contribution >= 4 is 12.1 Å². The average molecular weight is 183 g/mol. The Labute approximate surface area is 74.3 Å². The molecule has 0 radical (unpaired) electrons. The molecule has 0 aromatic carbocycles. The van der Waals surface area contributed by atoms with Crippen LogP contribution >= 0.6 is 0 Å². The highest BCUT2D eigenvalue weighted by molar-refractivity contribution is 5.87. The molecular weight excluding hydrogens is 174 g/mol. The summed E-state index contributed by atoms with van der Waals surface area (Å²) in [5, 5.41) is 0. The van der Waals surface area contributed by atoms with Gasteiger partial charge in [-0.15, -0.1) is 0 Å². The Kier molecular flexibility index (Phi) is 1.90. The molecule has 2 heterocycles. The van der Waals surface area contributed by atoms with E-state index in [0.29, 0.717) is 13.1 Å². The first-order valence-electron chi connectivity index (χ1n) is 3.89. The normalized spacial score (nSPS) is 22.1. The molecule has 1 unspecified atom stereocenters. The lowest BCUT2D eigenvalue weighted by Gasteiger charge is -2.05. The average Bonchev–Trinajstić information content (AvgIpc) is 2.72. The largest absolute Gasteiger partial charge is 0.442 e. The number of rotatable bonds is 2. The number of ether oxygens (including phenoxy) is 1. The molecule has 6 heteroatoms. The minimum Gasteiger partial charge on any atom is -0.442 e. The molecule has 0 bridgehead atoms. The first kappa shape index (κ1) is 8.06. The zero-order valence-corrected chi connectivity index (χ0v) is 6.84. The second-order valence-electron chi connectivity index (χ2n) is 2.67. The van der Waals surface area contributed by atoms with Crippen molar-refractivity contribution < 1.29 is 13.9 Å². The van der Waals surface area contributed by atoms with Gasteiger partial charge in [-0.2, -0.15) is 0 Å². The Bertz CT molecular complexity index is 298. The zero-order valence-electron chi connectivity index (χ0n) is 6.84. The maximum atomic E-state index is 11.2. The van der Waals surface area contributed by atoms with Crippen molar-refractivity contribution in [3.05, 3.63) is 12.5 Å². The third-order valence-electron chi connectivity index (χ3n) is 1.79. The molecule has 1 saturated heterocycles. The van der Waals surface area contributed by atoms with E-state index in [1.807, 2.05) is 0 Å². The van der Waals surface area contributed by atoms with E-state index >= 15 is 0 Å². The Hall–Kier alpha value is -1.56. The molecule has 0 saturated carbocycles. The molecule has 2 rings (SSSR count). The van der Waals surface area contributed by atoms with Crippen LogP contribution in [0.4, 0.5) is 10.8 Å². The van der Waals surface area contributed by atoms with Crippen molar-refractivity contribution in [1.29, 1.82) is 0 Å². The molecule has 1 aliphatic rings. The van der Waals surface area contributed by atoms with Gasteiger partial charge in [-0.25, -0.2) is 14.7 Å². The minimum absolute atomic E-state index is 0.251. The third kappa shape index (κ3) is 1.35. The van der Waals surface area contributed by atoms with E-state index in [1.54, 1.807) is 0 Å². The molecule has 1 aromatic rings. The van der Waals surface area contributed by atoms with Gasteiger partial charge in [0.15, 0.2) is 0 Å². The van der Waals surface area contributed by atoms with Crippen LogP contribution in [0.2, 0.25) is 0 Å². The van der Waals surface area contributed by atoms with Crippen LogP contribution < -0.4 is 10.6 Å². The van der Waals surface area contributed by atoms with E-state index in [2.05, 4.69) is 4.98 Å². The Morgan fingerprint density at radius 1 is 1.77 bits per heavy atom. The molecule has 6 nitrogen and oxygen atoms in total. The predicted molar refractivity (Wildman–Crippen MR) is 43.2 cm³/mol. The Morgan fingerprint density at radius 2 is 2.62 bits per heavy atom. The molecule has 1 aliphatic heterocycles. The van der Waals surface area contributed by atoms with E-state index in [0.717, 1.165) is 0 Å². The number of oxazole rings is 1. The maximum Gasteiger partial charge on any atom is 0.418 e. The molecule has 1 atom stereocenters. The van der Waals surface area contributed by atoms with Gasteiger partial charge in [0.25, 0.3) is 0 Å². The highest BCUT2D eigenvalue weighted by Gasteiger charge is 2.33. The fourth-order valence-corrected chi connectivity index (χ4v) is 1.15. The van der Waals surface area contributed by atoms with Crippen LogP contribution in [0.3, 0.4) is 0 Å². The Balaban J connectivity index is 2.14. The summed E-state index contributed by atoms with van der Waals surface area (Å²) in [5.41, 5.74) is 5.36. The molecule has 13 heavy (non-hydrogen) atoms. The van der Waals surface area contributed by atoms with Crippen molar-refractivity contribution in [3.8, 4) is 0 Å². The summed E-state index contributed by atoms with van der Waals surface area (Å²) in [7, 11) is 0. The summed E-state index contributed by atoms with van der Waals surface area (Å²) in [4.78, 5) is 16.3. The number of hydrogen-bond donors (Lipinski definition) is 1. The van der Waals surface area contributed by atoms with E-state index in [9.17, 15) is 4.79 Å². The van der Waals surface area contributed by atoms with Crippen LogP contribution in [-0.4, -0.2) is 30.3 Å². The van der Waals surface area contributed by atoms with Gasteiger partial charge in [-0.3, -0.25) is 0 Å². The quantitative estimate of drug-likeness (QED) is 0.695. The SMILES string of the molecule is NCC1CN(c2ncco2)C(=O)O1. The number of nitrogens with zero attached hydrogens (tertiary/aromatic N) is 2. The third-order valence-corrected chi connectivity index (χ3v) is 1.79.